The number of sulfonamides is 1. The van der Waals surface area contributed by atoms with Gasteiger partial charge in [0.25, 0.3) is 5.91 Å². The number of pyridine rings is 1. The SMILES string of the molecule is COc1ccc(NC(=O)c2ccnc(OCc3ccccc3)c2)cc1S(=O)(=O)N1CCOCC1. The molecule has 0 saturated carbocycles. The van der Waals surface area contributed by atoms with E-state index in [0.717, 1.165) is 5.56 Å². The number of hydrogen-bond donors (Lipinski definition) is 1. The first kappa shape index (κ1) is 23.7. The summed E-state index contributed by atoms with van der Waals surface area (Å²) >= 11 is 0. The lowest BCUT2D eigenvalue weighted by Crippen LogP contribution is -2.40. The van der Waals surface area contributed by atoms with E-state index in [4.69, 9.17) is 14.2 Å². The summed E-state index contributed by atoms with van der Waals surface area (Å²) in [5, 5.41) is 2.74. The third-order valence-electron chi connectivity index (χ3n) is 5.24. The van der Waals surface area contributed by atoms with Gasteiger partial charge in [-0.3, -0.25) is 4.79 Å². The molecule has 1 N–H and O–H groups in total. The molecular weight excluding hydrogens is 458 g/mol. The van der Waals surface area contributed by atoms with Gasteiger partial charge in [0, 0.05) is 36.6 Å². The van der Waals surface area contributed by atoms with Crippen LogP contribution < -0.4 is 14.8 Å². The summed E-state index contributed by atoms with van der Waals surface area (Å²) in [6, 6.07) is 17.2. The van der Waals surface area contributed by atoms with Crippen LogP contribution in [0.25, 0.3) is 0 Å². The van der Waals surface area contributed by atoms with Crippen LogP contribution in [0.1, 0.15) is 15.9 Å². The highest BCUT2D eigenvalue weighted by Gasteiger charge is 2.29. The van der Waals surface area contributed by atoms with Crippen molar-refractivity contribution in [3.63, 3.8) is 0 Å². The predicted molar refractivity (Wildman–Crippen MR) is 126 cm³/mol. The van der Waals surface area contributed by atoms with E-state index in [1.165, 1.54) is 35.8 Å². The number of carbonyl (C=O) groups excluding carboxylic acids is 1. The second-order valence-corrected chi connectivity index (χ2v) is 9.40. The fraction of sp³-hybridized carbons (Fsp3) is 0.250. The van der Waals surface area contributed by atoms with Crippen LogP contribution in [0.2, 0.25) is 0 Å². The number of hydrogen-bond acceptors (Lipinski definition) is 7. The van der Waals surface area contributed by atoms with Crippen molar-refractivity contribution in [1.82, 2.24) is 9.29 Å². The molecule has 1 aliphatic rings. The molecular formula is C24H25N3O6S. The Labute approximate surface area is 198 Å². The summed E-state index contributed by atoms with van der Waals surface area (Å²) in [4.78, 5) is 17.0. The van der Waals surface area contributed by atoms with Crippen LogP contribution in [0.4, 0.5) is 5.69 Å². The van der Waals surface area contributed by atoms with E-state index < -0.39 is 15.9 Å². The number of nitrogens with zero attached hydrogens (tertiary/aromatic N) is 2. The molecule has 0 unspecified atom stereocenters. The molecule has 0 radical (unpaired) electrons. The van der Waals surface area contributed by atoms with Gasteiger partial charge in [-0.25, -0.2) is 13.4 Å². The highest BCUT2D eigenvalue weighted by molar-refractivity contribution is 7.89. The lowest BCUT2D eigenvalue weighted by atomic mass is 10.2. The second-order valence-electron chi connectivity index (χ2n) is 7.49. The van der Waals surface area contributed by atoms with Gasteiger partial charge in [0.2, 0.25) is 15.9 Å². The van der Waals surface area contributed by atoms with Gasteiger partial charge in [-0.05, 0) is 29.8 Å². The molecule has 1 amide bonds. The molecule has 0 aliphatic carbocycles. The molecule has 2 heterocycles. The molecule has 9 nitrogen and oxygen atoms in total. The van der Waals surface area contributed by atoms with Gasteiger partial charge >= 0.3 is 0 Å². The van der Waals surface area contributed by atoms with Crippen molar-refractivity contribution in [3.05, 3.63) is 78.0 Å². The molecule has 3 aromatic rings. The van der Waals surface area contributed by atoms with E-state index in [1.54, 1.807) is 12.1 Å². The van der Waals surface area contributed by atoms with Crippen molar-refractivity contribution < 1.29 is 27.4 Å². The Balaban J connectivity index is 1.50. The van der Waals surface area contributed by atoms with Gasteiger partial charge < -0.3 is 19.5 Å². The van der Waals surface area contributed by atoms with Crippen LogP contribution in [0.15, 0.2) is 71.8 Å². The average Bonchev–Trinajstić information content (AvgIpc) is 2.88. The Morgan fingerprint density at radius 3 is 2.59 bits per heavy atom. The summed E-state index contributed by atoms with van der Waals surface area (Å²) < 4.78 is 43.9. The van der Waals surface area contributed by atoms with E-state index in [9.17, 15) is 13.2 Å². The molecule has 1 aliphatic heterocycles. The van der Waals surface area contributed by atoms with E-state index in [0.29, 0.717) is 37.0 Å². The van der Waals surface area contributed by atoms with Gasteiger partial charge in [0.05, 0.1) is 20.3 Å². The van der Waals surface area contributed by atoms with E-state index in [2.05, 4.69) is 10.3 Å². The van der Waals surface area contributed by atoms with Crippen LogP contribution in [0.5, 0.6) is 11.6 Å². The zero-order chi connectivity index (χ0) is 24.0. The van der Waals surface area contributed by atoms with Crippen LogP contribution in [0.3, 0.4) is 0 Å². The van der Waals surface area contributed by atoms with Crippen molar-refractivity contribution in [2.45, 2.75) is 11.5 Å². The minimum absolute atomic E-state index is 0.0173. The van der Waals surface area contributed by atoms with Crippen LogP contribution in [-0.4, -0.2) is 57.0 Å². The van der Waals surface area contributed by atoms with Gasteiger partial charge in [-0.15, -0.1) is 0 Å². The molecule has 0 spiro atoms. The fourth-order valence-electron chi connectivity index (χ4n) is 3.45. The fourth-order valence-corrected chi connectivity index (χ4v) is 5.04. The van der Waals surface area contributed by atoms with Gasteiger partial charge in [0.1, 0.15) is 17.3 Å². The van der Waals surface area contributed by atoms with E-state index in [1.807, 2.05) is 30.3 Å². The first-order valence-corrected chi connectivity index (χ1v) is 12.1. The molecule has 10 heteroatoms. The lowest BCUT2D eigenvalue weighted by molar-refractivity contribution is 0.0729. The van der Waals surface area contributed by atoms with Crippen molar-refractivity contribution in [2.75, 3.05) is 38.7 Å². The predicted octanol–water partition coefficient (Wildman–Crippen LogP) is 2.94. The maximum absolute atomic E-state index is 13.2. The quantitative estimate of drug-likeness (QED) is 0.525. The minimum atomic E-state index is -3.82. The average molecular weight is 484 g/mol. The smallest absolute Gasteiger partial charge is 0.255 e. The number of methoxy groups -OCH3 is 1. The molecule has 1 saturated heterocycles. The third kappa shape index (κ3) is 5.53. The Kier molecular flexibility index (Phi) is 7.41. The van der Waals surface area contributed by atoms with Crippen molar-refractivity contribution in [1.29, 1.82) is 0 Å². The van der Waals surface area contributed by atoms with E-state index in [-0.39, 0.29) is 23.7 Å². The molecule has 0 atom stereocenters. The number of anilines is 1. The Morgan fingerprint density at radius 2 is 1.85 bits per heavy atom. The largest absolute Gasteiger partial charge is 0.495 e. The Hall–Kier alpha value is -3.47. The summed E-state index contributed by atoms with van der Waals surface area (Å²) in [5.74, 6) is 0.0821. The number of amides is 1. The van der Waals surface area contributed by atoms with Gasteiger partial charge in [-0.1, -0.05) is 30.3 Å². The van der Waals surface area contributed by atoms with Crippen LogP contribution in [-0.2, 0) is 21.4 Å². The summed E-state index contributed by atoms with van der Waals surface area (Å²) in [6.07, 6.45) is 1.48. The first-order valence-electron chi connectivity index (χ1n) is 10.7. The molecule has 0 bridgehead atoms. The summed E-state index contributed by atoms with van der Waals surface area (Å²) in [7, 11) is -2.42. The standard InChI is InChI=1S/C24H25N3O6S/c1-31-21-8-7-20(16-22(21)34(29,30)27-11-13-32-14-12-27)26-24(28)19-9-10-25-23(15-19)33-17-18-5-3-2-4-6-18/h2-10,15-16H,11-14,17H2,1H3,(H,26,28). The molecule has 178 valence electrons. The minimum Gasteiger partial charge on any atom is -0.495 e. The molecule has 1 aromatic heterocycles. The maximum atomic E-state index is 13.2. The normalized spacial score (nSPS) is 14.4. The zero-order valence-electron chi connectivity index (χ0n) is 18.6. The third-order valence-corrected chi connectivity index (χ3v) is 7.16. The second kappa shape index (κ2) is 10.6. The highest BCUT2D eigenvalue weighted by Crippen LogP contribution is 2.30. The highest BCUT2D eigenvalue weighted by atomic mass is 32.2. The van der Waals surface area contributed by atoms with Crippen molar-refractivity contribution in [2.24, 2.45) is 0 Å². The lowest BCUT2D eigenvalue weighted by Gasteiger charge is -2.26. The number of ether oxygens (including phenoxy) is 3. The van der Waals surface area contributed by atoms with E-state index >= 15 is 0 Å². The van der Waals surface area contributed by atoms with Gasteiger partial charge in [0.15, 0.2) is 0 Å². The number of carbonyl (C=O) groups is 1. The maximum Gasteiger partial charge on any atom is 0.255 e. The molecule has 4 rings (SSSR count). The molecule has 2 aromatic carbocycles. The Bertz CT molecular complexity index is 1240. The monoisotopic (exact) mass is 483 g/mol. The topological polar surface area (TPSA) is 107 Å². The van der Waals surface area contributed by atoms with Crippen LogP contribution in [0, 0.1) is 0 Å². The summed E-state index contributed by atoms with van der Waals surface area (Å²) in [6.45, 7) is 1.49. The number of benzene rings is 2. The first-order chi connectivity index (χ1) is 16.5. The van der Waals surface area contributed by atoms with Crippen molar-refractivity contribution in [3.8, 4) is 11.6 Å². The van der Waals surface area contributed by atoms with Gasteiger partial charge in [-0.2, -0.15) is 4.31 Å². The number of rotatable bonds is 8. The number of aromatic nitrogens is 1. The number of nitrogens with one attached hydrogen (secondary N) is 1. The van der Waals surface area contributed by atoms with Crippen LogP contribution >= 0.6 is 0 Å². The number of morpholine rings is 1. The summed E-state index contributed by atoms with van der Waals surface area (Å²) in [5.41, 5.74) is 1.62. The van der Waals surface area contributed by atoms with Crippen molar-refractivity contribution >= 4 is 21.6 Å². The molecule has 34 heavy (non-hydrogen) atoms. The molecule has 1 fully saturated rings. The Morgan fingerprint density at radius 1 is 1.09 bits per heavy atom. The zero-order valence-corrected chi connectivity index (χ0v) is 19.5.